The van der Waals surface area contributed by atoms with E-state index in [-0.39, 0.29) is 5.41 Å². The normalized spacial score (nSPS) is 20.6. The number of fused-ring (bicyclic) bond motifs is 2. The number of aryl methyl sites for hydroxylation is 1. The quantitative estimate of drug-likeness (QED) is 0.708. The number of nitrogens with two attached hydrogens (primary N) is 1. The van der Waals surface area contributed by atoms with Crippen molar-refractivity contribution in [1.29, 1.82) is 0 Å². The number of nitrogens with zero attached hydrogens (tertiary/aromatic N) is 3. The van der Waals surface area contributed by atoms with Crippen molar-refractivity contribution in [2.24, 2.45) is 0 Å². The summed E-state index contributed by atoms with van der Waals surface area (Å²) in [5.41, 5.74) is 10.3. The highest BCUT2D eigenvalue weighted by Crippen LogP contribution is 2.41. The standard InChI is InChI=1S/C21H22ClN5O/c22-16-4-2-1-3-14(16)12-28-18-9-15(11-25-20(18)23)17-10-19-21(5-7-24-13-21)6-8-27(19)26-17/h1-4,9-11,24H,5-8,12-13H2,(H2,23,25)/t21-/m1/s1. The number of halogens is 1. The Morgan fingerprint density at radius 2 is 2.14 bits per heavy atom. The zero-order valence-electron chi connectivity index (χ0n) is 15.5. The molecule has 0 unspecified atom stereocenters. The minimum atomic E-state index is 0.232. The van der Waals surface area contributed by atoms with Gasteiger partial charge >= 0.3 is 0 Å². The van der Waals surface area contributed by atoms with E-state index in [1.807, 2.05) is 30.3 Å². The SMILES string of the molecule is Nc1ncc(-c2cc3n(n2)CC[C@@]32CCNC2)cc1OCc1ccccc1Cl. The van der Waals surface area contributed by atoms with E-state index < -0.39 is 0 Å². The smallest absolute Gasteiger partial charge is 0.166 e. The van der Waals surface area contributed by atoms with E-state index >= 15 is 0 Å². The fraction of sp³-hybridized carbons (Fsp3) is 0.333. The molecule has 2 aliphatic rings. The number of rotatable bonds is 4. The van der Waals surface area contributed by atoms with Gasteiger partial charge < -0.3 is 15.8 Å². The lowest BCUT2D eigenvalue weighted by Crippen LogP contribution is -2.25. The maximum Gasteiger partial charge on any atom is 0.166 e. The molecule has 3 aromatic rings. The van der Waals surface area contributed by atoms with Crippen molar-refractivity contribution in [2.45, 2.75) is 31.4 Å². The van der Waals surface area contributed by atoms with Crippen LogP contribution in [0.3, 0.4) is 0 Å². The summed E-state index contributed by atoms with van der Waals surface area (Å²) in [6.45, 7) is 3.41. The number of nitrogen functional groups attached to an aromatic ring is 1. The van der Waals surface area contributed by atoms with Crippen molar-refractivity contribution < 1.29 is 4.74 Å². The van der Waals surface area contributed by atoms with Crippen molar-refractivity contribution in [1.82, 2.24) is 20.1 Å². The first-order valence-corrected chi connectivity index (χ1v) is 9.94. The van der Waals surface area contributed by atoms with Gasteiger partial charge in [-0.1, -0.05) is 29.8 Å². The molecular formula is C21H22ClN5O. The molecule has 2 aliphatic heterocycles. The van der Waals surface area contributed by atoms with Crippen LogP contribution >= 0.6 is 11.6 Å². The molecule has 144 valence electrons. The molecule has 0 aliphatic carbocycles. The average Bonchev–Trinajstić information content (AvgIpc) is 3.41. The topological polar surface area (TPSA) is 78.0 Å². The Labute approximate surface area is 168 Å². The summed E-state index contributed by atoms with van der Waals surface area (Å²) in [5.74, 6) is 0.904. The molecule has 0 amide bonds. The lowest BCUT2D eigenvalue weighted by atomic mass is 9.82. The molecule has 2 aromatic heterocycles. The van der Waals surface area contributed by atoms with Crippen molar-refractivity contribution in [3.63, 3.8) is 0 Å². The van der Waals surface area contributed by atoms with Gasteiger partial charge in [-0.15, -0.1) is 0 Å². The maximum absolute atomic E-state index is 6.21. The summed E-state index contributed by atoms with van der Waals surface area (Å²) in [4.78, 5) is 4.32. The second-order valence-electron chi connectivity index (χ2n) is 7.58. The van der Waals surface area contributed by atoms with E-state index in [0.717, 1.165) is 42.9 Å². The predicted octanol–water partition coefficient (Wildman–Crippen LogP) is 3.39. The second kappa shape index (κ2) is 6.79. The van der Waals surface area contributed by atoms with Crippen LogP contribution in [0.1, 0.15) is 24.1 Å². The van der Waals surface area contributed by atoms with Crippen LogP contribution in [0.25, 0.3) is 11.3 Å². The minimum absolute atomic E-state index is 0.232. The van der Waals surface area contributed by atoms with Gasteiger partial charge in [-0.25, -0.2) is 4.98 Å². The third-order valence-corrected chi connectivity index (χ3v) is 6.26. The number of hydrogen-bond donors (Lipinski definition) is 2. The molecule has 7 heteroatoms. The number of nitrogens with one attached hydrogen (secondary N) is 1. The zero-order valence-corrected chi connectivity index (χ0v) is 16.2. The number of pyridine rings is 1. The Morgan fingerprint density at radius 3 is 2.96 bits per heavy atom. The first kappa shape index (κ1) is 17.5. The molecule has 28 heavy (non-hydrogen) atoms. The molecule has 3 N–H and O–H groups in total. The summed E-state index contributed by atoms with van der Waals surface area (Å²) < 4.78 is 8.06. The zero-order chi connectivity index (χ0) is 19.1. The molecule has 1 fully saturated rings. The lowest BCUT2D eigenvalue weighted by Gasteiger charge is -2.20. The molecule has 5 rings (SSSR count). The van der Waals surface area contributed by atoms with E-state index in [9.17, 15) is 0 Å². The predicted molar refractivity (Wildman–Crippen MR) is 109 cm³/mol. The summed E-state index contributed by atoms with van der Waals surface area (Å²) in [7, 11) is 0. The molecule has 1 atom stereocenters. The van der Waals surface area contributed by atoms with Gasteiger partial charge in [-0.2, -0.15) is 5.10 Å². The van der Waals surface area contributed by atoms with Crippen LogP contribution in [0, 0.1) is 0 Å². The lowest BCUT2D eigenvalue weighted by molar-refractivity contribution is 0.307. The first-order chi connectivity index (χ1) is 13.6. The fourth-order valence-corrected chi connectivity index (χ4v) is 4.45. The fourth-order valence-electron chi connectivity index (χ4n) is 4.26. The summed E-state index contributed by atoms with van der Waals surface area (Å²) in [6.07, 6.45) is 4.09. The van der Waals surface area contributed by atoms with E-state index in [1.165, 1.54) is 12.1 Å². The van der Waals surface area contributed by atoms with Crippen LogP contribution in [0.15, 0.2) is 42.6 Å². The van der Waals surface area contributed by atoms with Crippen LogP contribution in [-0.4, -0.2) is 27.9 Å². The van der Waals surface area contributed by atoms with E-state index in [2.05, 4.69) is 21.0 Å². The third kappa shape index (κ3) is 2.93. The van der Waals surface area contributed by atoms with Gasteiger partial charge in [0.05, 0.1) is 5.69 Å². The Morgan fingerprint density at radius 1 is 1.25 bits per heavy atom. The number of benzene rings is 1. The van der Waals surface area contributed by atoms with Gasteiger partial charge in [0.25, 0.3) is 0 Å². The molecule has 1 spiro atoms. The van der Waals surface area contributed by atoms with Crippen LogP contribution in [0.5, 0.6) is 5.75 Å². The highest BCUT2D eigenvalue weighted by Gasteiger charge is 2.42. The number of hydrogen-bond acceptors (Lipinski definition) is 5. The Balaban J connectivity index is 1.41. The molecule has 1 aromatic carbocycles. The molecule has 1 saturated heterocycles. The highest BCUT2D eigenvalue weighted by atomic mass is 35.5. The van der Waals surface area contributed by atoms with Gasteiger partial charge in [0.1, 0.15) is 6.61 Å². The second-order valence-corrected chi connectivity index (χ2v) is 7.99. The van der Waals surface area contributed by atoms with Gasteiger partial charge in [-0.05, 0) is 37.6 Å². The monoisotopic (exact) mass is 395 g/mol. The minimum Gasteiger partial charge on any atom is -0.485 e. The number of ether oxygens (including phenoxy) is 1. The van der Waals surface area contributed by atoms with Crippen molar-refractivity contribution >= 4 is 17.4 Å². The van der Waals surface area contributed by atoms with Crippen LogP contribution in [0.2, 0.25) is 5.02 Å². The van der Waals surface area contributed by atoms with Gasteiger partial charge in [0.15, 0.2) is 11.6 Å². The third-order valence-electron chi connectivity index (χ3n) is 5.89. The van der Waals surface area contributed by atoms with Crippen LogP contribution < -0.4 is 15.8 Å². The van der Waals surface area contributed by atoms with Crippen LogP contribution in [-0.2, 0) is 18.6 Å². The van der Waals surface area contributed by atoms with Crippen molar-refractivity contribution in [2.75, 3.05) is 18.8 Å². The highest BCUT2D eigenvalue weighted by molar-refractivity contribution is 6.31. The van der Waals surface area contributed by atoms with E-state index in [0.29, 0.717) is 23.2 Å². The van der Waals surface area contributed by atoms with E-state index in [4.69, 9.17) is 27.2 Å². The molecular weight excluding hydrogens is 374 g/mol. The summed E-state index contributed by atoms with van der Waals surface area (Å²) in [6, 6.07) is 11.7. The maximum atomic E-state index is 6.21. The van der Waals surface area contributed by atoms with Gasteiger partial charge in [0, 0.05) is 46.5 Å². The van der Waals surface area contributed by atoms with Gasteiger partial charge in [-0.3, -0.25) is 4.68 Å². The summed E-state index contributed by atoms with van der Waals surface area (Å²) >= 11 is 6.21. The Bertz CT molecular complexity index is 1030. The molecule has 6 nitrogen and oxygen atoms in total. The first-order valence-electron chi connectivity index (χ1n) is 9.56. The van der Waals surface area contributed by atoms with E-state index in [1.54, 1.807) is 6.20 Å². The molecule has 4 heterocycles. The van der Waals surface area contributed by atoms with Crippen molar-refractivity contribution in [3.05, 3.63) is 58.9 Å². The number of aromatic nitrogens is 3. The molecule has 0 bridgehead atoms. The van der Waals surface area contributed by atoms with Crippen LogP contribution in [0.4, 0.5) is 5.82 Å². The molecule has 0 saturated carbocycles. The van der Waals surface area contributed by atoms with Gasteiger partial charge in [0.2, 0.25) is 0 Å². The largest absolute Gasteiger partial charge is 0.485 e. The van der Waals surface area contributed by atoms with Crippen molar-refractivity contribution in [3.8, 4) is 17.0 Å². The molecule has 0 radical (unpaired) electrons. The Hall–Kier alpha value is -2.57. The summed E-state index contributed by atoms with van der Waals surface area (Å²) in [5, 5.41) is 8.98. The number of anilines is 1. The Kier molecular flexibility index (Phi) is 4.25. The average molecular weight is 396 g/mol.